The van der Waals surface area contributed by atoms with E-state index in [4.69, 9.17) is 0 Å². The molecule has 2 rings (SSSR count). The third kappa shape index (κ3) is 5.02. The van der Waals surface area contributed by atoms with E-state index in [0.29, 0.717) is 11.8 Å². The molecule has 0 aromatic heterocycles. The highest BCUT2D eigenvalue weighted by Crippen LogP contribution is 2.47. The van der Waals surface area contributed by atoms with E-state index < -0.39 is 0 Å². The number of rotatable bonds is 6. The van der Waals surface area contributed by atoms with Crippen LogP contribution in [0, 0.1) is 5.92 Å². The number of nitrogens with one attached hydrogen (secondary N) is 1. The van der Waals surface area contributed by atoms with Crippen molar-refractivity contribution in [3.63, 3.8) is 0 Å². The summed E-state index contributed by atoms with van der Waals surface area (Å²) in [6, 6.07) is 10.2. The van der Waals surface area contributed by atoms with Gasteiger partial charge in [-0.05, 0) is 56.2 Å². The lowest BCUT2D eigenvalue weighted by Gasteiger charge is -2.09. The van der Waals surface area contributed by atoms with Crippen LogP contribution in [0.25, 0.3) is 0 Å². The van der Waals surface area contributed by atoms with Gasteiger partial charge in [0.1, 0.15) is 5.84 Å². The molecular formula is C22H28N2O. The zero-order valence-corrected chi connectivity index (χ0v) is 15.7. The first-order valence-electron chi connectivity index (χ1n) is 8.89. The predicted molar refractivity (Wildman–Crippen MR) is 105 cm³/mol. The third-order valence-corrected chi connectivity index (χ3v) is 4.50. The zero-order chi connectivity index (χ0) is 18.4. The molecule has 1 saturated carbocycles. The van der Waals surface area contributed by atoms with Crippen LogP contribution in [-0.4, -0.2) is 11.7 Å². The molecule has 1 aromatic rings. The molecule has 0 heterocycles. The molecule has 2 unspecified atom stereocenters. The lowest BCUT2D eigenvalue weighted by Crippen LogP contribution is -2.30. The minimum absolute atomic E-state index is 0.0489. The molecule has 25 heavy (non-hydrogen) atoms. The number of hydrogen-bond acceptors (Lipinski definition) is 2. The number of allylic oxidation sites excluding steroid dienone is 4. The molecule has 132 valence electrons. The van der Waals surface area contributed by atoms with Crippen molar-refractivity contribution in [3.8, 4) is 0 Å². The molecule has 1 aromatic carbocycles. The second-order valence-corrected chi connectivity index (χ2v) is 6.58. The number of benzene rings is 1. The minimum atomic E-state index is 0.0489. The van der Waals surface area contributed by atoms with E-state index in [2.05, 4.69) is 42.0 Å². The number of amidine groups is 1. The Hall–Kier alpha value is -2.42. The van der Waals surface area contributed by atoms with E-state index in [1.165, 1.54) is 5.56 Å². The standard InChI is InChI=1S/C22H28N2O/c1-6-11-16(4)21(15(3)7-2)23-17(5)24-22(25)20-14-19(20)18-12-9-8-10-13-18/h7-13,19-20H,2,6,14H2,1,3-5H3,(H,23,24,25)/b16-11-,21-15+. The summed E-state index contributed by atoms with van der Waals surface area (Å²) >= 11 is 0. The molecular weight excluding hydrogens is 308 g/mol. The summed E-state index contributed by atoms with van der Waals surface area (Å²) in [5.41, 5.74) is 4.22. The van der Waals surface area contributed by atoms with Gasteiger partial charge in [-0.25, -0.2) is 4.99 Å². The van der Waals surface area contributed by atoms with Crippen LogP contribution in [-0.2, 0) is 4.79 Å². The van der Waals surface area contributed by atoms with E-state index in [-0.39, 0.29) is 11.8 Å². The number of nitrogens with zero attached hydrogens (tertiary/aromatic N) is 1. The first kappa shape index (κ1) is 18.9. The molecule has 0 radical (unpaired) electrons. The normalized spacial score (nSPS) is 21.4. The van der Waals surface area contributed by atoms with Crippen LogP contribution >= 0.6 is 0 Å². The Balaban J connectivity index is 2.06. The predicted octanol–water partition coefficient (Wildman–Crippen LogP) is 5.14. The second-order valence-electron chi connectivity index (χ2n) is 6.58. The average molecular weight is 336 g/mol. The quantitative estimate of drug-likeness (QED) is 0.436. The van der Waals surface area contributed by atoms with Crippen LogP contribution in [0.5, 0.6) is 0 Å². The molecule has 1 N–H and O–H groups in total. The summed E-state index contributed by atoms with van der Waals surface area (Å²) in [5.74, 6) is 1.07. The van der Waals surface area contributed by atoms with Gasteiger partial charge < -0.3 is 5.32 Å². The summed E-state index contributed by atoms with van der Waals surface area (Å²) < 4.78 is 0. The maximum Gasteiger partial charge on any atom is 0.229 e. The van der Waals surface area contributed by atoms with Crippen LogP contribution in [0.3, 0.4) is 0 Å². The minimum Gasteiger partial charge on any atom is -0.314 e. The van der Waals surface area contributed by atoms with Gasteiger partial charge in [0.2, 0.25) is 5.91 Å². The molecule has 3 nitrogen and oxygen atoms in total. The van der Waals surface area contributed by atoms with E-state index in [1.54, 1.807) is 6.08 Å². The van der Waals surface area contributed by atoms with Crippen LogP contribution in [0.15, 0.2) is 70.9 Å². The summed E-state index contributed by atoms with van der Waals surface area (Å²) in [5, 5.41) is 2.96. The van der Waals surface area contributed by atoms with Crippen molar-refractivity contribution in [2.75, 3.05) is 0 Å². The number of aliphatic imine (C=N–C) groups is 1. The third-order valence-electron chi connectivity index (χ3n) is 4.50. The van der Waals surface area contributed by atoms with Gasteiger partial charge in [0.25, 0.3) is 0 Å². The van der Waals surface area contributed by atoms with Crippen LogP contribution in [0.1, 0.15) is 52.0 Å². The Morgan fingerprint density at radius 3 is 2.56 bits per heavy atom. The molecule has 0 aliphatic heterocycles. The number of hydrogen-bond donors (Lipinski definition) is 1. The van der Waals surface area contributed by atoms with Crippen molar-refractivity contribution in [1.29, 1.82) is 0 Å². The smallest absolute Gasteiger partial charge is 0.229 e. The molecule has 1 amide bonds. The monoisotopic (exact) mass is 336 g/mol. The Kier molecular flexibility index (Phi) is 6.51. The van der Waals surface area contributed by atoms with Crippen molar-refractivity contribution in [2.24, 2.45) is 10.9 Å². The van der Waals surface area contributed by atoms with Gasteiger partial charge in [0, 0.05) is 5.92 Å². The van der Waals surface area contributed by atoms with Crippen molar-refractivity contribution in [3.05, 3.63) is 71.5 Å². The average Bonchev–Trinajstić information content (AvgIpc) is 3.41. The van der Waals surface area contributed by atoms with Crippen LogP contribution in [0.4, 0.5) is 0 Å². The van der Waals surface area contributed by atoms with Crippen LogP contribution in [0.2, 0.25) is 0 Å². The van der Waals surface area contributed by atoms with Crippen molar-refractivity contribution >= 4 is 11.7 Å². The Morgan fingerprint density at radius 2 is 1.96 bits per heavy atom. The number of amides is 1. The topological polar surface area (TPSA) is 41.5 Å². The highest BCUT2D eigenvalue weighted by molar-refractivity contribution is 6.00. The van der Waals surface area contributed by atoms with E-state index in [9.17, 15) is 4.79 Å². The number of carbonyl (C=O) groups excluding carboxylic acids is 1. The Morgan fingerprint density at radius 1 is 1.28 bits per heavy atom. The Bertz CT molecular complexity index is 726. The number of carbonyl (C=O) groups is 1. The molecule has 0 bridgehead atoms. The summed E-state index contributed by atoms with van der Waals surface area (Å²) in [6.07, 6.45) is 5.79. The first-order chi connectivity index (χ1) is 12.0. The zero-order valence-electron chi connectivity index (χ0n) is 15.7. The largest absolute Gasteiger partial charge is 0.314 e. The van der Waals surface area contributed by atoms with Gasteiger partial charge >= 0.3 is 0 Å². The molecule has 1 fully saturated rings. The first-order valence-corrected chi connectivity index (χ1v) is 8.89. The molecule has 1 aliphatic rings. The van der Waals surface area contributed by atoms with Gasteiger partial charge in [0.05, 0.1) is 5.70 Å². The van der Waals surface area contributed by atoms with Gasteiger partial charge in [-0.1, -0.05) is 56.0 Å². The van der Waals surface area contributed by atoms with Crippen LogP contribution < -0.4 is 5.32 Å². The fourth-order valence-electron chi connectivity index (χ4n) is 3.01. The maximum absolute atomic E-state index is 12.5. The summed E-state index contributed by atoms with van der Waals surface area (Å²) in [6.45, 7) is 11.8. The summed E-state index contributed by atoms with van der Waals surface area (Å²) in [7, 11) is 0. The highest BCUT2D eigenvalue weighted by Gasteiger charge is 2.43. The maximum atomic E-state index is 12.5. The van der Waals surface area contributed by atoms with Gasteiger partial charge in [-0.15, -0.1) is 0 Å². The van der Waals surface area contributed by atoms with Gasteiger partial charge in [-0.3, -0.25) is 4.79 Å². The van der Waals surface area contributed by atoms with E-state index in [0.717, 1.165) is 29.7 Å². The lowest BCUT2D eigenvalue weighted by molar-refractivity contribution is -0.121. The molecule has 3 heteroatoms. The van der Waals surface area contributed by atoms with Gasteiger partial charge in [-0.2, -0.15) is 0 Å². The van der Waals surface area contributed by atoms with E-state index in [1.807, 2.05) is 39.0 Å². The summed E-state index contributed by atoms with van der Waals surface area (Å²) in [4.78, 5) is 17.1. The molecule has 2 atom stereocenters. The van der Waals surface area contributed by atoms with Crippen molar-refractivity contribution in [1.82, 2.24) is 5.32 Å². The molecule has 0 spiro atoms. The SMILES string of the molecule is C=C/C(C)=C(N=C(C)NC(=O)C1CC1c1ccccc1)\C(C)=C/CC. The molecule has 0 saturated heterocycles. The van der Waals surface area contributed by atoms with Crippen molar-refractivity contribution in [2.45, 2.75) is 46.5 Å². The molecule has 1 aliphatic carbocycles. The van der Waals surface area contributed by atoms with E-state index >= 15 is 0 Å². The Labute approximate surface area is 151 Å². The second kappa shape index (κ2) is 8.61. The highest BCUT2D eigenvalue weighted by atomic mass is 16.2. The van der Waals surface area contributed by atoms with Gasteiger partial charge in [0.15, 0.2) is 0 Å². The fraction of sp³-hybridized carbons (Fsp3) is 0.364. The lowest BCUT2D eigenvalue weighted by atomic mass is 10.1. The van der Waals surface area contributed by atoms with Crippen molar-refractivity contribution < 1.29 is 4.79 Å². The fourth-order valence-corrected chi connectivity index (χ4v) is 3.01.